The van der Waals surface area contributed by atoms with Crippen LogP contribution in [0, 0.1) is 41.7 Å². The smallest absolute Gasteiger partial charge is 2.00 e. The molecule has 0 atom stereocenters. The van der Waals surface area contributed by atoms with Gasteiger partial charge >= 0.3 is 59.1 Å². The Labute approximate surface area is 69.1 Å². The summed E-state index contributed by atoms with van der Waals surface area (Å²) in [6.07, 6.45) is 0. The summed E-state index contributed by atoms with van der Waals surface area (Å²) in [4.78, 5) is 0. The van der Waals surface area contributed by atoms with Crippen molar-refractivity contribution < 1.29 is 52.7 Å². The number of hydrogen-bond donors (Lipinski definition) is 0. The molecule has 0 unspecified atom stereocenters. The van der Waals surface area contributed by atoms with Gasteiger partial charge in [0.25, 0.3) is 0 Å². The Morgan fingerprint density at radius 1 is 0.750 bits per heavy atom. The molecular formula is AlCeO2+2. The average molecular weight is 199 g/mol. The topological polar surface area (TPSA) is 57.0 Å². The van der Waals surface area contributed by atoms with Gasteiger partial charge in [-0.1, -0.05) is 0 Å². The SMILES string of the molecule is [Al+3].[Ce+3].[O-2].[O-2]. The van der Waals surface area contributed by atoms with Crippen LogP contribution < -0.4 is 0 Å². The predicted octanol–water partition coefficient (Wildman–Crippen LogP) is -0.618. The third-order valence-electron chi connectivity index (χ3n) is 0. The molecule has 0 spiro atoms. The fourth-order valence-electron chi connectivity index (χ4n) is 0. The van der Waals surface area contributed by atoms with Crippen LogP contribution in [0.1, 0.15) is 0 Å². The maximum Gasteiger partial charge on any atom is 3.00 e. The van der Waals surface area contributed by atoms with E-state index in [0.717, 1.165) is 0 Å². The van der Waals surface area contributed by atoms with Crippen molar-refractivity contribution in [1.82, 2.24) is 0 Å². The van der Waals surface area contributed by atoms with E-state index in [4.69, 9.17) is 0 Å². The van der Waals surface area contributed by atoms with Gasteiger partial charge in [-0.05, 0) is 0 Å². The third-order valence-corrected chi connectivity index (χ3v) is 0. The fourth-order valence-corrected chi connectivity index (χ4v) is 0. The maximum atomic E-state index is 0. The van der Waals surface area contributed by atoms with Gasteiger partial charge < -0.3 is 11.0 Å². The normalized spacial score (nSPS) is 0. The predicted molar refractivity (Wildman–Crippen MR) is 7.13 cm³/mol. The largest absolute Gasteiger partial charge is 3.00 e. The Hall–Kier alpha value is 1.83. The van der Waals surface area contributed by atoms with Crippen molar-refractivity contribution in [3.05, 3.63) is 0 Å². The van der Waals surface area contributed by atoms with Gasteiger partial charge in [-0.2, -0.15) is 0 Å². The molecule has 0 saturated carbocycles. The summed E-state index contributed by atoms with van der Waals surface area (Å²) < 4.78 is 0. The Morgan fingerprint density at radius 3 is 0.750 bits per heavy atom. The Balaban J connectivity index is 0. The van der Waals surface area contributed by atoms with Gasteiger partial charge in [-0.15, -0.1) is 0 Å². The van der Waals surface area contributed by atoms with Crippen molar-refractivity contribution in [2.24, 2.45) is 0 Å². The second kappa shape index (κ2) is 21.2. The Kier molecular flexibility index (Phi) is 215. The van der Waals surface area contributed by atoms with E-state index in [1.165, 1.54) is 0 Å². The second-order valence-electron chi connectivity index (χ2n) is 0. The van der Waals surface area contributed by atoms with Crippen molar-refractivity contribution in [2.75, 3.05) is 0 Å². The van der Waals surface area contributed by atoms with E-state index in [0.29, 0.717) is 0 Å². The molecule has 0 rings (SSSR count). The molecule has 0 aliphatic carbocycles. The molecule has 1 radical (unpaired) electrons. The molecule has 0 bridgehead atoms. The van der Waals surface area contributed by atoms with Crippen LogP contribution in [0.15, 0.2) is 0 Å². The first-order chi connectivity index (χ1) is 0. The van der Waals surface area contributed by atoms with Crippen LogP contribution in [0.5, 0.6) is 0 Å². The van der Waals surface area contributed by atoms with Crippen LogP contribution in [0.4, 0.5) is 0 Å². The number of hydrogen-bond acceptors (Lipinski definition) is 0. The minimum atomic E-state index is 0. The molecule has 0 heterocycles. The van der Waals surface area contributed by atoms with E-state index in [9.17, 15) is 0 Å². The Morgan fingerprint density at radius 2 is 0.750 bits per heavy atom. The van der Waals surface area contributed by atoms with E-state index in [2.05, 4.69) is 0 Å². The summed E-state index contributed by atoms with van der Waals surface area (Å²) >= 11 is 0. The molecule has 0 saturated heterocycles. The molecule has 4 heteroatoms. The van der Waals surface area contributed by atoms with Crippen molar-refractivity contribution in [3.63, 3.8) is 0 Å². The average Bonchev–Trinajstić information content (AvgIpc) is 0. The minimum absolute atomic E-state index is 0. The van der Waals surface area contributed by atoms with Gasteiger partial charge in [0.15, 0.2) is 0 Å². The minimum Gasteiger partial charge on any atom is -2.00 e. The van der Waals surface area contributed by atoms with Crippen LogP contribution in [-0.4, -0.2) is 17.4 Å². The van der Waals surface area contributed by atoms with Crippen LogP contribution >= 0.6 is 0 Å². The van der Waals surface area contributed by atoms with Crippen LogP contribution in [-0.2, 0) is 11.0 Å². The molecule has 2 nitrogen and oxygen atoms in total. The van der Waals surface area contributed by atoms with Crippen LogP contribution in [0.2, 0.25) is 0 Å². The standard InChI is InChI=1S/Al.Ce.2O/q2*+3;2*-2. The monoisotopic (exact) mass is 199 g/mol. The summed E-state index contributed by atoms with van der Waals surface area (Å²) in [6, 6.07) is 0. The van der Waals surface area contributed by atoms with E-state index in [1.807, 2.05) is 0 Å². The van der Waals surface area contributed by atoms with Crippen LogP contribution in [0.3, 0.4) is 0 Å². The first-order valence-electron chi connectivity index (χ1n) is 0. The molecule has 4 heavy (non-hydrogen) atoms. The summed E-state index contributed by atoms with van der Waals surface area (Å²) in [5.41, 5.74) is 0. The second-order valence-corrected chi connectivity index (χ2v) is 0. The maximum absolute atomic E-state index is 0. The number of rotatable bonds is 0. The third kappa shape index (κ3) is 9.16. The fraction of sp³-hybridized carbons (Fsp3) is 0. The molecule has 17 valence electrons. The van der Waals surface area contributed by atoms with Gasteiger partial charge in [-0.3, -0.25) is 0 Å². The summed E-state index contributed by atoms with van der Waals surface area (Å²) in [5, 5.41) is 0. The van der Waals surface area contributed by atoms with E-state index < -0.39 is 0 Å². The van der Waals surface area contributed by atoms with Gasteiger partial charge in [0, 0.05) is 0 Å². The zero-order valence-electron chi connectivity index (χ0n) is 1.89. The molecule has 0 aromatic heterocycles. The van der Waals surface area contributed by atoms with E-state index in [1.54, 1.807) is 0 Å². The van der Waals surface area contributed by atoms with Gasteiger partial charge in [0.2, 0.25) is 0 Å². The van der Waals surface area contributed by atoms with Crippen LogP contribution in [0.25, 0.3) is 0 Å². The molecule has 0 amide bonds. The van der Waals surface area contributed by atoms with E-state index in [-0.39, 0.29) is 70.1 Å². The van der Waals surface area contributed by atoms with E-state index >= 15 is 0 Å². The molecular weight excluding hydrogens is 199 g/mol. The van der Waals surface area contributed by atoms with Gasteiger partial charge in [-0.25, -0.2) is 0 Å². The van der Waals surface area contributed by atoms with Gasteiger partial charge in [0.05, 0.1) is 0 Å². The molecule has 0 aliphatic heterocycles. The first kappa shape index (κ1) is 40.6. The molecule has 0 aliphatic rings. The zero-order valence-corrected chi connectivity index (χ0v) is 6.19. The quantitative estimate of drug-likeness (QED) is 0.467. The molecule has 0 aromatic rings. The van der Waals surface area contributed by atoms with Gasteiger partial charge in [0.1, 0.15) is 0 Å². The summed E-state index contributed by atoms with van der Waals surface area (Å²) in [6.45, 7) is 0. The Bertz CT molecular complexity index is 6.00. The zero-order chi connectivity index (χ0) is 0. The summed E-state index contributed by atoms with van der Waals surface area (Å²) in [5.74, 6) is 0. The van der Waals surface area contributed by atoms with Crippen molar-refractivity contribution >= 4 is 17.4 Å². The van der Waals surface area contributed by atoms with Crippen molar-refractivity contribution in [2.45, 2.75) is 0 Å². The molecule has 0 fully saturated rings. The van der Waals surface area contributed by atoms with Crippen molar-refractivity contribution in [3.8, 4) is 0 Å². The van der Waals surface area contributed by atoms with Crippen molar-refractivity contribution in [1.29, 1.82) is 0 Å². The first-order valence-corrected chi connectivity index (χ1v) is 0. The molecule has 0 aromatic carbocycles. The summed E-state index contributed by atoms with van der Waals surface area (Å²) in [7, 11) is 0. The molecule has 0 N–H and O–H groups in total.